The Bertz CT molecular complexity index is 2300. The van der Waals surface area contributed by atoms with Crippen LogP contribution in [0, 0.1) is 13.8 Å². The molecule has 81 heavy (non-hydrogen) atoms. The first-order chi connectivity index (χ1) is 39.0. The molecule has 3 aromatic rings. The Kier molecular flexibility index (Phi) is 33.4. The van der Waals surface area contributed by atoms with Gasteiger partial charge in [0, 0.05) is 43.2 Å². The largest absolute Gasteiger partial charge is 0.462 e. The average Bonchev–Trinajstić information content (AvgIpc) is 3.57. The minimum atomic E-state index is -1.03. The van der Waals surface area contributed by atoms with E-state index in [1.54, 1.807) is 6.07 Å². The summed E-state index contributed by atoms with van der Waals surface area (Å²) in [5.41, 5.74) is 5.08. The van der Waals surface area contributed by atoms with Gasteiger partial charge in [-0.25, -0.2) is 0 Å². The lowest BCUT2D eigenvalue weighted by atomic mass is 9.75. The maximum Gasteiger partial charge on any atom is 0.311 e. The molecule has 12 heteroatoms. The Morgan fingerprint density at radius 3 is 1.52 bits per heavy atom. The van der Waals surface area contributed by atoms with Gasteiger partial charge in [-0.15, -0.1) is 0 Å². The molecule has 0 aromatic heterocycles. The Balaban J connectivity index is 1.29. The van der Waals surface area contributed by atoms with Crippen molar-refractivity contribution < 1.29 is 42.9 Å². The first-order valence-corrected chi connectivity index (χ1v) is 32.4. The molecular formula is C69H103Cl2NO9. The van der Waals surface area contributed by atoms with Gasteiger partial charge in [0.2, 0.25) is 5.91 Å². The third kappa shape index (κ3) is 26.4. The highest BCUT2D eigenvalue weighted by Gasteiger charge is 2.36. The third-order valence-electron chi connectivity index (χ3n) is 16.3. The van der Waals surface area contributed by atoms with Crippen LogP contribution in [0.3, 0.4) is 0 Å². The number of halogens is 2. The molecule has 0 bridgehead atoms. The highest BCUT2D eigenvalue weighted by molar-refractivity contribution is 6.42. The molecule has 1 aliphatic carbocycles. The summed E-state index contributed by atoms with van der Waals surface area (Å²) < 4.78 is 23.0. The fraction of sp³-hybridized carbons (Fsp3) is 0.667. The van der Waals surface area contributed by atoms with E-state index in [1.807, 2.05) is 76.0 Å². The van der Waals surface area contributed by atoms with Crippen LogP contribution in [0.25, 0.3) is 0 Å². The summed E-state index contributed by atoms with van der Waals surface area (Å²) in [6.45, 7) is 11.8. The highest BCUT2D eigenvalue weighted by Crippen LogP contribution is 2.45. The van der Waals surface area contributed by atoms with Gasteiger partial charge in [0.1, 0.15) is 19.0 Å². The van der Waals surface area contributed by atoms with E-state index in [1.165, 1.54) is 116 Å². The van der Waals surface area contributed by atoms with Crippen LogP contribution in [0.2, 0.25) is 10.0 Å². The Hall–Kier alpha value is -4.41. The van der Waals surface area contributed by atoms with Crippen LogP contribution in [-0.4, -0.2) is 61.0 Å². The van der Waals surface area contributed by atoms with Crippen LogP contribution in [0.4, 0.5) is 0 Å². The zero-order valence-corrected chi connectivity index (χ0v) is 52.6. The molecule has 2 atom stereocenters. The zero-order valence-electron chi connectivity index (χ0n) is 51.1. The number of carbonyl (C=O) groups excluding carboxylic acids is 5. The van der Waals surface area contributed by atoms with Gasteiger partial charge in [-0.2, -0.15) is 0 Å². The van der Waals surface area contributed by atoms with E-state index in [-0.39, 0.29) is 63.2 Å². The molecule has 452 valence electrons. The van der Waals surface area contributed by atoms with Gasteiger partial charge in [-0.05, 0) is 85.5 Å². The summed E-state index contributed by atoms with van der Waals surface area (Å²) in [7, 11) is 1.86. The molecule has 10 nitrogen and oxygen atoms in total. The molecule has 0 N–H and O–H groups in total. The SMILES string of the molecule is CCCCCCCCCCCCCCCC(=O)OCC(COC(=O)CCCCCCCCCCCCCCC)OC(=O)CCC(=O)Oc1cc(C)cc(C)c1C(C)(C)CC(=O)N(C)[C@H]1CCC(c2ccc(Cl)c(Cl)c2)c2ccccc21. The topological polar surface area (TPSA) is 126 Å². The Morgan fingerprint density at radius 2 is 1.02 bits per heavy atom. The van der Waals surface area contributed by atoms with Crippen LogP contribution >= 0.6 is 23.2 Å². The summed E-state index contributed by atoms with van der Waals surface area (Å²) in [4.78, 5) is 69.0. The molecule has 0 saturated heterocycles. The van der Waals surface area contributed by atoms with Crippen molar-refractivity contribution in [3.8, 4) is 5.75 Å². The number of benzene rings is 3. The standard InChI is InChI=1S/C69H103Cl2NO9/c1-8-10-12-14-16-18-20-22-24-26-28-30-32-38-64(74)78-50-55(51-79-65(75)39-33-31-29-27-25-23-21-19-17-15-13-11-9-2)80-66(76)44-45-67(77)81-62-47-52(3)46-53(4)68(62)69(5,6)49-63(73)72(7)61-43-41-56(57-36-34-35-37-58(57)61)54-40-42-59(70)60(71)48-54/h34-37,40,42,46-48,55-56,61H,8-33,38-39,41,43-45,49-51H2,1-7H3/t56?,61-/m0/s1. The Morgan fingerprint density at radius 1 is 0.556 bits per heavy atom. The van der Waals surface area contributed by atoms with Gasteiger partial charge in [-0.1, -0.05) is 241 Å². The maximum absolute atomic E-state index is 14.4. The molecule has 4 rings (SSSR count). The number of amides is 1. The maximum atomic E-state index is 14.4. The molecule has 3 aromatic carbocycles. The molecule has 1 amide bonds. The van der Waals surface area contributed by atoms with Crippen molar-refractivity contribution in [3.05, 3.63) is 98.0 Å². The molecule has 1 aliphatic rings. The molecular weight excluding hydrogens is 1060 g/mol. The van der Waals surface area contributed by atoms with Gasteiger partial charge in [0.05, 0.1) is 28.9 Å². The second-order valence-electron chi connectivity index (χ2n) is 23.9. The second-order valence-corrected chi connectivity index (χ2v) is 24.7. The number of unbranched alkanes of at least 4 members (excludes halogenated alkanes) is 24. The number of nitrogens with zero attached hydrogens (tertiary/aromatic N) is 1. The van der Waals surface area contributed by atoms with Crippen molar-refractivity contribution in [1.82, 2.24) is 4.90 Å². The summed E-state index contributed by atoms with van der Waals surface area (Å²) in [5, 5.41) is 1.03. The lowest BCUT2D eigenvalue weighted by Gasteiger charge is -2.38. The van der Waals surface area contributed by atoms with Gasteiger partial charge in [0.15, 0.2) is 6.10 Å². The van der Waals surface area contributed by atoms with Crippen LogP contribution in [0.5, 0.6) is 5.75 Å². The summed E-state index contributed by atoms with van der Waals surface area (Å²) >= 11 is 12.7. The molecule has 0 aliphatic heterocycles. The van der Waals surface area contributed by atoms with E-state index < -0.39 is 35.4 Å². The number of aryl methyl sites for hydroxylation is 2. The molecule has 0 fully saturated rings. The second kappa shape index (κ2) is 39.2. The fourth-order valence-corrected chi connectivity index (χ4v) is 12.0. The predicted molar refractivity (Wildman–Crippen MR) is 330 cm³/mol. The van der Waals surface area contributed by atoms with E-state index in [0.29, 0.717) is 28.6 Å². The number of fused-ring (bicyclic) bond motifs is 1. The third-order valence-corrected chi connectivity index (χ3v) is 17.0. The van der Waals surface area contributed by atoms with E-state index in [9.17, 15) is 24.0 Å². The minimum absolute atomic E-state index is 0.0436. The number of esters is 4. The number of rotatable bonds is 42. The van der Waals surface area contributed by atoms with Crippen LogP contribution in [0.15, 0.2) is 54.6 Å². The molecule has 0 saturated carbocycles. The molecule has 1 unspecified atom stereocenters. The van der Waals surface area contributed by atoms with Gasteiger partial charge >= 0.3 is 23.9 Å². The number of carbonyl (C=O) groups is 5. The molecule has 0 radical (unpaired) electrons. The van der Waals surface area contributed by atoms with E-state index >= 15 is 0 Å². The Labute approximate surface area is 499 Å². The molecule has 0 heterocycles. The van der Waals surface area contributed by atoms with Gasteiger partial charge in [0.25, 0.3) is 0 Å². The number of ether oxygens (including phenoxy) is 4. The van der Waals surface area contributed by atoms with Crippen LogP contribution in [0.1, 0.15) is 285 Å². The van der Waals surface area contributed by atoms with Crippen LogP contribution in [-0.2, 0) is 43.6 Å². The van der Waals surface area contributed by atoms with Crippen molar-refractivity contribution >= 4 is 53.0 Å². The predicted octanol–water partition coefficient (Wildman–Crippen LogP) is 19.0. The normalized spacial score (nSPS) is 14.1. The number of hydrogen-bond donors (Lipinski definition) is 0. The average molecular weight is 1160 g/mol. The lowest BCUT2D eigenvalue weighted by Crippen LogP contribution is -2.37. The minimum Gasteiger partial charge on any atom is -0.462 e. The van der Waals surface area contributed by atoms with Gasteiger partial charge in [-0.3, -0.25) is 24.0 Å². The van der Waals surface area contributed by atoms with E-state index in [0.717, 1.165) is 84.7 Å². The summed E-state index contributed by atoms with van der Waals surface area (Å²) in [5.74, 6) is -1.73. The van der Waals surface area contributed by atoms with Gasteiger partial charge < -0.3 is 23.8 Å². The quantitative estimate of drug-likeness (QED) is 0.0236. The zero-order chi connectivity index (χ0) is 58.8. The fourth-order valence-electron chi connectivity index (χ4n) is 11.7. The van der Waals surface area contributed by atoms with E-state index in [4.69, 9.17) is 42.1 Å². The first kappa shape index (κ1) is 69.1. The highest BCUT2D eigenvalue weighted by atomic mass is 35.5. The van der Waals surface area contributed by atoms with Crippen molar-refractivity contribution in [3.63, 3.8) is 0 Å². The van der Waals surface area contributed by atoms with Crippen molar-refractivity contribution in [2.45, 2.75) is 277 Å². The smallest absolute Gasteiger partial charge is 0.311 e. The summed E-state index contributed by atoms with van der Waals surface area (Å²) in [6.07, 6.45) is 31.8. The summed E-state index contributed by atoms with van der Waals surface area (Å²) in [6, 6.07) is 17.7. The monoisotopic (exact) mass is 1160 g/mol. The number of hydrogen-bond acceptors (Lipinski definition) is 9. The van der Waals surface area contributed by atoms with E-state index in [2.05, 4.69) is 26.0 Å². The van der Waals surface area contributed by atoms with Crippen LogP contribution < -0.4 is 4.74 Å². The lowest BCUT2D eigenvalue weighted by molar-refractivity contribution is -0.167. The van der Waals surface area contributed by atoms with Crippen molar-refractivity contribution in [1.29, 1.82) is 0 Å². The van der Waals surface area contributed by atoms with Crippen molar-refractivity contribution in [2.75, 3.05) is 20.3 Å². The molecule has 0 spiro atoms. The van der Waals surface area contributed by atoms with Crippen molar-refractivity contribution in [2.24, 2.45) is 0 Å². The first-order valence-electron chi connectivity index (χ1n) is 31.7.